The molecule has 0 amide bonds. The second kappa shape index (κ2) is 4.96. The van der Waals surface area contributed by atoms with Gasteiger partial charge in [0.15, 0.2) is 0 Å². The summed E-state index contributed by atoms with van der Waals surface area (Å²) in [5.41, 5.74) is 7.74. The summed E-state index contributed by atoms with van der Waals surface area (Å²) in [6, 6.07) is 0.338. The van der Waals surface area contributed by atoms with Gasteiger partial charge in [-0.15, -0.1) is 0 Å². The second-order valence-corrected chi connectivity index (χ2v) is 3.95. The number of nitrogens with two attached hydrogens (primary N) is 1. The minimum atomic E-state index is 0.338. The Morgan fingerprint density at radius 2 is 2.27 bits per heavy atom. The van der Waals surface area contributed by atoms with E-state index in [1.54, 1.807) is 6.33 Å². The highest BCUT2D eigenvalue weighted by Gasteiger charge is 2.11. The van der Waals surface area contributed by atoms with Gasteiger partial charge in [-0.2, -0.15) is 0 Å². The molecule has 0 aliphatic heterocycles. The highest BCUT2D eigenvalue weighted by Crippen LogP contribution is 2.16. The van der Waals surface area contributed by atoms with Crippen LogP contribution < -0.4 is 5.73 Å². The first-order valence-corrected chi connectivity index (χ1v) is 5.41. The topological polar surface area (TPSA) is 56.2 Å². The normalized spacial score (nSPS) is 12.5. The molecule has 4 heteroatoms. The third-order valence-electron chi connectivity index (χ3n) is 2.30. The van der Waals surface area contributed by atoms with E-state index in [1.807, 2.05) is 11.5 Å². The van der Waals surface area contributed by atoms with Gasteiger partial charge in [0.2, 0.25) is 0 Å². The highest BCUT2D eigenvalue weighted by molar-refractivity contribution is 6.00. The van der Waals surface area contributed by atoms with E-state index in [-0.39, 0.29) is 0 Å². The van der Waals surface area contributed by atoms with Gasteiger partial charge in [0.1, 0.15) is 11.5 Å². The Balaban J connectivity index is 2.96. The van der Waals surface area contributed by atoms with Crippen molar-refractivity contribution >= 4 is 11.5 Å². The summed E-state index contributed by atoms with van der Waals surface area (Å²) >= 11 is 0. The Hall–Kier alpha value is -1.32. The van der Waals surface area contributed by atoms with Gasteiger partial charge in [-0.1, -0.05) is 6.92 Å². The van der Waals surface area contributed by atoms with Crippen LogP contribution in [0.3, 0.4) is 0 Å². The van der Waals surface area contributed by atoms with Crippen molar-refractivity contribution in [3.8, 4) is 0 Å². The van der Waals surface area contributed by atoms with Crippen molar-refractivity contribution in [3.63, 3.8) is 0 Å². The highest BCUT2D eigenvalue weighted by atomic mass is 15.1. The van der Waals surface area contributed by atoms with E-state index in [0.29, 0.717) is 11.9 Å². The van der Waals surface area contributed by atoms with Crippen LogP contribution in [0.15, 0.2) is 11.3 Å². The number of aromatic nitrogens is 2. The maximum absolute atomic E-state index is 6.00. The number of hydrogen-bond donors (Lipinski definition) is 1. The van der Waals surface area contributed by atoms with E-state index in [0.717, 1.165) is 24.4 Å². The van der Waals surface area contributed by atoms with Crippen molar-refractivity contribution in [2.75, 3.05) is 12.3 Å². The van der Waals surface area contributed by atoms with E-state index < -0.39 is 0 Å². The third-order valence-corrected chi connectivity index (χ3v) is 2.30. The summed E-state index contributed by atoms with van der Waals surface area (Å²) in [7, 11) is 0. The fraction of sp³-hybridized carbons (Fsp3) is 0.636. The van der Waals surface area contributed by atoms with Crippen LogP contribution >= 0.6 is 0 Å². The predicted molar refractivity (Wildman–Crippen MR) is 64.4 cm³/mol. The van der Waals surface area contributed by atoms with E-state index >= 15 is 0 Å². The van der Waals surface area contributed by atoms with Gasteiger partial charge < -0.3 is 10.3 Å². The maximum Gasteiger partial charge on any atom is 0.133 e. The number of nitrogen functional groups attached to an aromatic ring is 1. The molecular weight excluding hydrogens is 188 g/mol. The average molecular weight is 208 g/mol. The Labute approximate surface area is 91.2 Å². The molecule has 0 unspecified atom stereocenters. The summed E-state index contributed by atoms with van der Waals surface area (Å²) < 4.78 is 1.96. The van der Waals surface area contributed by atoms with Gasteiger partial charge in [0.05, 0.1) is 12.0 Å². The number of hydrogen-bond acceptors (Lipinski definition) is 3. The third kappa shape index (κ3) is 2.58. The Bertz CT molecular complexity index is 349. The molecule has 0 aliphatic carbocycles. The molecule has 0 aromatic carbocycles. The van der Waals surface area contributed by atoms with Crippen LogP contribution in [-0.4, -0.2) is 21.8 Å². The van der Waals surface area contributed by atoms with Crippen LogP contribution in [0, 0.1) is 0 Å². The molecule has 2 N–H and O–H groups in total. The lowest BCUT2D eigenvalue weighted by Crippen LogP contribution is -2.07. The van der Waals surface area contributed by atoms with Crippen molar-refractivity contribution in [2.45, 2.75) is 40.2 Å². The smallest absolute Gasteiger partial charge is 0.133 e. The maximum atomic E-state index is 6.00. The molecule has 1 aromatic heterocycles. The van der Waals surface area contributed by atoms with Gasteiger partial charge in [-0.3, -0.25) is 4.99 Å². The number of anilines is 1. The average Bonchev–Trinajstić information content (AvgIpc) is 2.56. The molecule has 84 valence electrons. The Morgan fingerprint density at radius 1 is 1.60 bits per heavy atom. The Kier molecular flexibility index (Phi) is 3.88. The monoisotopic (exact) mass is 208 g/mol. The van der Waals surface area contributed by atoms with Crippen LogP contribution in [0.5, 0.6) is 0 Å². The first kappa shape index (κ1) is 11.8. The molecule has 1 aromatic rings. The molecule has 0 fully saturated rings. The van der Waals surface area contributed by atoms with Gasteiger partial charge in [0.25, 0.3) is 0 Å². The zero-order valence-electron chi connectivity index (χ0n) is 9.99. The van der Waals surface area contributed by atoms with Crippen molar-refractivity contribution < 1.29 is 0 Å². The summed E-state index contributed by atoms with van der Waals surface area (Å²) in [4.78, 5) is 8.70. The number of imidazole rings is 1. The zero-order valence-corrected chi connectivity index (χ0v) is 9.99. The summed E-state index contributed by atoms with van der Waals surface area (Å²) in [5.74, 6) is 0.711. The van der Waals surface area contributed by atoms with Gasteiger partial charge in [-0.05, 0) is 27.2 Å². The molecule has 1 rings (SSSR count). The molecule has 0 saturated heterocycles. The lowest BCUT2D eigenvalue weighted by atomic mass is 10.3. The summed E-state index contributed by atoms with van der Waals surface area (Å²) in [6.07, 6.45) is 2.82. The minimum Gasteiger partial charge on any atom is -0.383 e. The molecule has 4 nitrogen and oxygen atoms in total. The van der Waals surface area contributed by atoms with Crippen LogP contribution in [0.1, 0.15) is 45.9 Å². The largest absolute Gasteiger partial charge is 0.383 e. The molecule has 0 radical (unpaired) electrons. The van der Waals surface area contributed by atoms with Crippen LogP contribution in [0.25, 0.3) is 0 Å². The van der Waals surface area contributed by atoms with Crippen molar-refractivity contribution in [1.82, 2.24) is 9.55 Å². The van der Waals surface area contributed by atoms with E-state index in [4.69, 9.17) is 5.73 Å². The van der Waals surface area contributed by atoms with Crippen molar-refractivity contribution in [2.24, 2.45) is 4.99 Å². The first-order chi connectivity index (χ1) is 7.07. The molecule has 0 saturated carbocycles. The molecule has 0 bridgehead atoms. The lowest BCUT2D eigenvalue weighted by Gasteiger charge is -2.08. The van der Waals surface area contributed by atoms with E-state index in [9.17, 15) is 0 Å². The molecule has 1 heterocycles. The summed E-state index contributed by atoms with van der Waals surface area (Å²) in [5, 5.41) is 0. The quantitative estimate of drug-likeness (QED) is 0.772. The molecule has 0 spiro atoms. The van der Waals surface area contributed by atoms with Gasteiger partial charge in [-0.25, -0.2) is 4.98 Å². The fourth-order valence-electron chi connectivity index (χ4n) is 1.42. The predicted octanol–water partition coefficient (Wildman–Crippen LogP) is 2.27. The second-order valence-electron chi connectivity index (χ2n) is 3.95. The fourth-order valence-corrected chi connectivity index (χ4v) is 1.42. The number of aliphatic imine (C=N–C) groups is 1. The van der Waals surface area contributed by atoms with E-state index in [1.165, 1.54) is 0 Å². The zero-order chi connectivity index (χ0) is 11.4. The van der Waals surface area contributed by atoms with Crippen LogP contribution in [0.2, 0.25) is 0 Å². The van der Waals surface area contributed by atoms with E-state index in [2.05, 4.69) is 30.7 Å². The first-order valence-electron chi connectivity index (χ1n) is 5.41. The van der Waals surface area contributed by atoms with Crippen molar-refractivity contribution in [3.05, 3.63) is 12.0 Å². The number of nitrogens with zero attached hydrogens (tertiary/aromatic N) is 3. The van der Waals surface area contributed by atoms with Crippen LogP contribution in [-0.2, 0) is 0 Å². The molecule has 0 aliphatic rings. The molecular formula is C11H20N4. The number of rotatable bonds is 4. The van der Waals surface area contributed by atoms with Gasteiger partial charge in [0, 0.05) is 12.6 Å². The Morgan fingerprint density at radius 3 is 2.73 bits per heavy atom. The summed E-state index contributed by atoms with van der Waals surface area (Å²) in [6.45, 7) is 9.06. The lowest BCUT2D eigenvalue weighted by molar-refractivity contribution is 0.607. The molecule has 0 atom stereocenters. The minimum absolute atomic E-state index is 0.338. The van der Waals surface area contributed by atoms with Crippen LogP contribution in [0.4, 0.5) is 5.82 Å². The standard InChI is InChI=1S/C11H20N4/c1-5-6-13-9(4)10-11(12)15(7-14-10)8(2)3/h7-8H,5-6,12H2,1-4H3. The SMILES string of the molecule is CCCN=C(C)c1ncn(C(C)C)c1N. The molecule has 15 heavy (non-hydrogen) atoms. The van der Waals surface area contributed by atoms with Gasteiger partial charge >= 0.3 is 0 Å². The van der Waals surface area contributed by atoms with Crippen molar-refractivity contribution in [1.29, 1.82) is 0 Å².